The van der Waals surface area contributed by atoms with Crippen LogP contribution >= 0.6 is 0 Å². The third kappa shape index (κ3) is 3.67. The van der Waals surface area contributed by atoms with Crippen molar-refractivity contribution < 1.29 is 14.7 Å². The Morgan fingerprint density at radius 2 is 1.88 bits per heavy atom. The smallest absolute Gasteiger partial charge is 0.277 e. The van der Waals surface area contributed by atoms with E-state index in [1.165, 1.54) is 11.8 Å². The fourth-order valence-electron chi connectivity index (χ4n) is 3.10. The molecule has 0 spiro atoms. The molecule has 0 saturated carbocycles. The van der Waals surface area contributed by atoms with Gasteiger partial charge in [-0.05, 0) is 37.7 Å². The van der Waals surface area contributed by atoms with Crippen LogP contribution in [0, 0.1) is 6.92 Å². The van der Waals surface area contributed by atoms with Gasteiger partial charge in [-0.15, -0.1) is 0 Å². The normalized spacial score (nSPS) is 18.8. The summed E-state index contributed by atoms with van der Waals surface area (Å²) in [4.78, 5) is 29.7. The van der Waals surface area contributed by atoms with Crippen molar-refractivity contribution in [2.45, 2.75) is 6.92 Å². The van der Waals surface area contributed by atoms with E-state index in [1.54, 1.807) is 0 Å². The largest absolute Gasteiger partial charge is 0.395 e. The summed E-state index contributed by atoms with van der Waals surface area (Å²) in [6.45, 7) is 5.84. The first-order chi connectivity index (χ1) is 12.0. The van der Waals surface area contributed by atoms with Crippen molar-refractivity contribution in [2.24, 2.45) is 0 Å². The number of piperazine rings is 1. The maximum absolute atomic E-state index is 12.2. The van der Waals surface area contributed by atoms with E-state index in [4.69, 9.17) is 5.11 Å². The molecule has 3 rings (SSSR count). The van der Waals surface area contributed by atoms with Gasteiger partial charge in [0.1, 0.15) is 5.70 Å². The average molecular weight is 344 g/mol. The zero-order chi connectivity index (χ0) is 18.0. The first-order valence-corrected chi connectivity index (χ1v) is 8.49. The van der Waals surface area contributed by atoms with E-state index in [2.05, 4.69) is 28.2 Å². The number of nitrogens with zero attached hydrogens (tertiary/aromatic N) is 3. The van der Waals surface area contributed by atoms with Gasteiger partial charge in [0.15, 0.2) is 0 Å². The van der Waals surface area contributed by atoms with Crippen molar-refractivity contribution in [1.29, 1.82) is 0 Å². The van der Waals surface area contributed by atoms with Gasteiger partial charge >= 0.3 is 0 Å². The first kappa shape index (κ1) is 17.4. The van der Waals surface area contributed by atoms with Gasteiger partial charge in [0, 0.05) is 43.6 Å². The van der Waals surface area contributed by atoms with E-state index in [9.17, 15) is 9.59 Å². The maximum Gasteiger partial charge on any atom is 0.277 e. The van der Waals surface area contributed by atoms with Crippen LogP contribution in [0.3, 0.4) is 0 Å². The molecule has 1 fully saturated rings. The summed E-state index contributed by atoms with van der Waals surface area (Å²) < 4.78 is 0. The molecule has 0 unspecified atom stereocenters. The Labute approximate surface area is 147 Å². The Bertz CT molecular complexity index is 708. The Morgan fingerprint density at radius 1 is 1.16 bits per heavy atom. The van der Waals surface area contributed by atoms with Crippen LogP contribution in [0.4, 0.5) is 11.4 Å². The zero-order valence-electron chi connectivity index (χ0n) is 14.7. The Kier molecular flexibility index (Phi) is 5.06. The van der Waals surface area contributed by atoms with Gasteiger partial charge < -0.3 is 20.2 Å². The van der Waals surface area contributed by atoms with Gasteiger partial charge in [-0.25, -0.2) is 0 Å². The number of hydrogen-bond donors (Lipinski definition) is 2. The number of amides is 2. The number of aryl methyl sites for hydroxylation is 1. The fourth-order valence-corrected chi connectivity index (χ4v) is 3.10. The minimum absolute atomic E-state index is 0.0146. The topological polar surface area (TPSA) is 76.1 Å². The number of likely N-dealkylation sites (N-methyl/N-ethyl adjacent to an activating group) is 1. The van der Waals surface area contributed by atoms with Crippen LogP contribution in [-0.4, -0.2) is 73.1 Å². The summed E-state index contributed by atoms with van der Waals surface area (Å²) in [6.07, 6.45) is 1.28. The van der Waals surface area contributed by atoms with Gasteiger partial charge in [-0.3, -0.25) is 14.5 Å². The summed E-state index contributed by atoms with van der Waals surface area (Å²) in [6, 6.07) is 6.07. The van der Waals surface area contributed by atoms with Crippen LogP contribution in [0.25, 0.3) is 0 Å². The standard InChI is InChI=1S/C18H24N4O3/c1-13-11-14(21-7-5-20(2)6-8-21)3-4-15(13)19-16-12-17(24)22(9-10-23)18(16)25/h3-4,11-12,19,23H,5-10H2,1-2H3. The molecule has 0 aromatic heterocycles. The minimum atomic E-state index is -0.401. The second kappa shape index (κ2) is 7.25. The quantitative estimate of drug-likeness (QED) is 0.754. The molecule has 0 aliphatic carbocycles. The monoisotopic (exact) mass is 344 g/mol. The molecule has 2 amide bonds. The second-order valence-corrected chi connectivity index (χ2v) is 6.49. The number of aliphatic hydroxyl groups is 1. The molecule has 7 heteroatoms. The number of imide groups is 1. The van der Waals surface area contributed by atoms with Crippen molar-refractivity contribution in [3.05, 3.63) is 35.5 Å². The first-order valence-electron chi connectivity index (χ1n) is 8.49. The molecule has 2 aliphatic rings. The minimum Gasteiger partial charge on any atom is -0.395 e. The van der Waals surface area contributed by atoms with Crippen molar-refractivity contribution in [3.8, 4) is 0 Å². The van der Waals surface area contributed by atoms with Gasteiger partial charge in [0.2, 0.25) is 0 Å². The lowest BCUT2D eigenvalue weighted by atomic mass is 10.1. The molecule has 2 aliphatic heterocycles. The maximum atomic E-state index is 12.2. The van der Waals surface area contributed by atoms with Crippen LogP contribution in [0.15, 0.2) is 30.0 Å². The molecular weight excluding hydrogens is 320 g/mol. The van der Waals surface area contributed by atoms with E-state index in [0.717, 1.165) is 42.3 Å². The summed E-state index contributed by atoms with van der Waals surface area (Å²) in [5, 5.41) is 12.0. The summed E-state index contributed by atoms with van der Waals surface area (Å²) in [5.41, 5.74) is 3.23. The third-order valence-corrected chi connectivity index (χ3v) is 4.68. The van der Waals surface area contributed by atoms with Crippen LogP contribution in [0.2, 0.25) is 0 Å². The molecule has 25 heavy (non-hydrogen) atoms. The molecule has 0 bridgehead atoms. The van der Waals surface area contributed by atoms with Crippen LogP contribution in [0.5, 0.6) is 0 Å². The Hall–Kier alpha value is -2.38. The average Bonchev–Trinajstić information content (AvgIpc) is 2.85. The van der Waals surface area contributed by atoms with Crippen LogP contribution in [0.1, 0.15) is 5.56 Å². The van der Waals surface area contributed by atoms with Crippen LogP contribution < -0.4 is 10.2 Å². The number of benzene rings is 1. The SMILES string of the molecule is Cc1cc(N2CCN(C)CC2)ccc1NC1=CC(=O)N(CCO)C1=O. The number of carbonyl (C=O) groups excluding carboxylic acids is 2. The molecule has 134 valence electrons. The molecule has 1 aromatic carbocycles. The zero-order valence-corrected chi connectivity index (χ0v) is 14.7. The molecule has 2 heterocycles. The molecular formula is C18H24N4O3. The summed E-state index contributed by atoms with van der Waals surface area (Å²) in [5.74, 6) is -0.796. The van der Waals surface area contributed by atoms with E-state index in [1.807, 2.05) is 19.1 Å². The second-order valence-electron chi connectivity index (χ2n) is 6.49. The van der Waals surface area contributed by atoms with Gasteiger partial charge in [-0.1, -0.05) is 0 Å². The fraction of sp³-hybridized carbons (Fsp3) is 0.444. The molecule has 1 aromatic rings. The summed E-state index contributed by atoms with van der Waals surface area (Å²) in [7, 11) is 2.13. The Morgan fingerprint density at radius 3 is 2.52 bits per heavy atom. The number of anilines is 2. The predicted octanol–water partition coefficient (Wildman–Crippen LogP) is 0.404. The third-order valence-electron chi connectivity index (χ3n) is 4.68. The predicted molar refractivity (Wildman–Crippen MR) is 96.4 cm³/mol. The number of aliphatic hydroxyl groups excluding tert-OH is 1. The molecule has 0 radical (unpaired) electrons. The van der Waals surface area contributed by atoms with Crippen molar-refractivity contribution in [3.63, 3.8) is 0 Å². The van der Waals surface area contributed by atoms with Crippen molar-refractivity contribution in [1.82, 2.24) is 9.80 Å². The number of hydrogen-bond acceptors (Lipinski definition) is 6. The van der Waals surface area contributed by atoms with E-state index < -0.39 is 11.8 Å². The molecule has 7 nitrogen and oxygen atoms in total. The molecule has 1 saturated heterocycles. The van der Waals surface area contributed by atoms with Gasteiger partial charge in [0.05, 0.1) is 13.2 Å². The van der Waals surface area contributed by atoms with Gasteiger partial charge in [0.25, 0.3) is 11.8 Å². The van der Waals surface area contributed by atoms with E-state index in [-0.39, 0.29) is 18.8 Å². The number of β-amino-alcohol motifs (C(OH)–C–C–N with tert-alkyl or cyclic N) is 1. The summed E-state index contributed by atoms with van der Waals surface area (Å²) >= 11 is 0. The highest BCUT2D eigenvalue weighted by atomic mass is 16.3. The van der Waals surface area contributed by atoms with Crippen molar-refractivity contribution >= 4 is 23.2 Å². The van der Waals surface area contributed by atoms with Gasteiger partial charge in [-0.2, -0.15) is 0 Å². The number of rotatable bonds is 5. The molecule has 2 N–H and O–H groups in total. The number of carbonyl (C=O) groups is 2. The van der Waals surface area contributed by atoms with E-state index in [0.29, 0.717) is 0 Å². The highest BCUT2D eigenvalue weighted by Gasteiger charge is 2.30. The van der Waals surface area contributed by atoms with Crippen LogP contribution in [-0.2, 0) is 9.59 Å². The number of nitrogens with one attached hydrogen (secondary N) is 1. The highest BCUT2D eigenvalue weighted by Crippen LogP contribution is 2.26. The van der Waals surface area contributed by atoms with E-state index >= 15 is 0 Å². The lowest BCUT2D eigenvalue weighted by Gasteiger charge is -2.34. The highest BCUT2D eigenvalue weighted by molar-refractivity contribution is 6.17. The van der Waals surface area contributed by atoms with Crippen molar-refractivity contribution in [2.75, 3.05) is 56.6 Å². The molecule has 0 atom stereocenters. The lowest BCUT2D eigenvalue weighted by Crippen LogP contribution is -2.44. The lowest BCUT2D eigenvalue weighted by molar-refractivity contribution is -0.137. The Balaban J connectivity index is 1.71.